The monoisotopic (exact) mass is 273 g/mol. The van der Waals surface area contributed by atoms with Crippen molar-refractivity contribution in [1.82, 2.24) is 15.5 Å². The molecule has 0 fully saturated rings. The normalized spacial score (nSPS) is 12.5. The predicted molar refractivity (Wildman–Crippen MR) is 63.0 cm³/mol. The molecule has 1 unspecified atom stereocenters. The van der Waals surface area contributed by atoms with Crippen molar-refractivity contribution in [2.45, 2.75) is 31.5 Å². The van der Waals surface area contributed by atoms with Gasteiger partial charge in [0.2, 0.25) is 5.91 Å². The lowest BCUT2D eigenvalue weighted by molar-refractivity contribution is -0.120. The van der Waals surface area contributed by atoms with E-state index in [0.717, 1.165) is 18.5 Å². The molecule has 0 saturated carbocycles. The van der Waals surface area contributed by atoms with E-state index in [4.69, 9.17) is 0 Å². The molecule has 1 atom stereocenters. The summed E-state index contributed by atoms with van der Waals surface area (Å²) < 4.78 is 0. The van der Waals surface area contributed by atoms with E-state index in [1.807, 2.05) is 20.0 Å². The van der Waals surface area contributed by atoms with Crippen molar-refractivity contribution in [2.24, 2.45) is 0 Å². The maximum absolute atomic E-state index is 11.2. The van der Waals surface area contributed by atoms with Crippen LogP contribution in [0.1, 0.15) is 24.6 Å². The van der Waals surface area contributed by atoms with Crippen molar-refractivity contribution in [3.63, 3.8) is 0 Å². The zero-order valence-electron chi connectivity index (χ0n) is 9.01. The van der Waals surface area contributed by atoms with Gasteiger partial charge in [0.15, 0.2) is 0 Å². The van der Waals surface area contributed by atoms with Gasteiger partial charge >= 0.3 is 0 Å². The first-order valence-electron chi connectivity index (χ1n) is 5.02. The minimum Gasteiger partial charge on any atom is -0.355 e. The second-order valence-corrected chi connectivity index (χ2v) is 4.90. The molecule has 2 N–H and O–H groups in total. The van der Waals surface area contributed by atoms with Crippen LogP contribution < -0.4 is 5.32 Å². The van der Waals surface area contributed by atoms with E-state index in [0.29, 0.717) is 6.54 Å². The van der Waals surface area contributed by atoms with Gasteiger partial charge in [0.25, 0.3) is 0 Å². The Hall–Kier alpha value is -0.840. The van der Waals surface area contributed by atoms with Crippen molar-refractivity contribution >= 4 is 21.8 Å². The smallest absolute Gasteiger partial charge is 0.233 e. The third-order valence-electron chi connectivity index (χ3n) is 2.22. The van der Waals surface area contributed by atoms with Gasteiger partial charge in [-0.2, -0.15) is 5.10 Å². The highest BCUT2D eigenvalue weighted by Gasteiger charge is 2.07. The molecule has 0 saturated heterocycles. The van der Waals surface area contributed by atoms with Crippen molar-refractivity contribution in [2.75, 3.05) is 6.54 Å². The summed E-state index contributed by atoms with van der Waals surface area (Å²) in [5.41, 5.74) is 2.33. The van der Waals surface area contributed by atoms with Gasteiger partial charge in [0.1, 0.15) is 0 Å². The molecule has 0 aliphatic rings. The Bertz CT molecular complexity index is 322. The van der Waals surface area contributed by atoms with Gasteiger partial charge < -0.3 is 5.32 Å². The molecule has 0 radical (unpaired) electrons. The summed E-state index contributed by atoms with van der Waals surface area (Å²) in [6, 6.07) is 0. The van der Waals surface area contributed by atoms with E-state index in [1.54, 1.807) is 0 Å². The molecule has 4 nitrogen and oxygen atoms in total. The number of amides is 1. The van der Waals surface area contributed by atoms with Crippen molar-refractivity contribution < 1.29 is 4.79 Å². The Morgan fingerprint density at radius 2 is 2.47 bits per heavy atom. The standard InChI is InChI=1S/C10H16BrN3O/c1-7(11)10(15)12-5-3-4-9-6-13-14-8(9)2/h6-7H,3-5H2,1-2H3,(H,12,15)(H,13,14). The van der Waals surface area contributed by atoms with Gasteiger partial charge in [-0.15, -0.1) is 0 Å². The third-order valence-corrected chi connectivity index (χ3v) is 2.63. The number of rotatable bonds is 5. The summed E-state index contributed by atoms with van der Waals surface area (Å²) in [5, 5.41) is 9.68. The molecular formula is C10H16BrN3O. The summed E-state index contributed by atoms with van der Waals surface area (Å²) >= 11 is 3.22. The Labute approximate surface area is 98.0 Å². The number of nitrogens with zero attached hydrogens (tertiary/aromatic N) is 1. The number of alkyl halides is 1. The first kappa shape index (κ1) is 12.2. The molecule has 1 rings (SSSR count). The van der Waals surface area contributed by atoms with E-state index in [-0.39, 0.29) is 10.7 Å². The Morgan fingerprint density at radius 3 is 3.00 bits per heavy atom. The minimum atomic E-state index is -0.117. The van der Waals surface area contributed by atoms with E-state index in [9.17, 15) is 4.79 Å². The van der Waals surface area contributed by atoms with Gasteiger partial charge in [-0.25, -0.2) is 0 Å². The second kappa shape index (κ2) is 5.90. The average Bonchev–Trinajstić information content (AvgIpc) is 2.58. The summed E-state index contributed by atoms with van der Waals surface area (Å²) in [4.78, 5) is 11.1. The third kappa shape index (κ3) is 4.03. The number of aromatic amines is 1. The molecule has 0 aliphatic carbocycles. The highest BCUT2D eigenvalue weighted by molar-refractivity contribution is 9.10. The van der Waals surface area contributed by atoms with Gasteiger partial charge in [0, 0.05) is 12.2 Å². The lowest BCUT2D eigenvalue weighted by Crippen LogP contribution is -2.30. The van der Waals surface area contributed by atoms with Crippen molar-refractivity contribution in [3.8, 4) is 0 Å². The Balaban J connectivity index is 2.18. The molecule has 1 amide bonds. The molecule has 0 spiro atoms. The molecular weight excluding hydrogens is 258 g/mol. The molecule has 84 valence electrons. The van der Waals surface area contributed by atoms with Crippen molar-refractivity contribution in [3.05, 3.63) is 17.5 Å². The van der Waals surface area contributed by atoms with Crippen LogP contribution in [-0.2, 0) is 11.2 Å². The maximum Gasteiger partial charge on any atom is 0.233 e. The number of aryl methyl sites for hydroxylation is 2. The number of H-pyrrole nitrogens is 1. The number of halogens is 1. The van der Waals surface area contributed by atoms with Crippen LogP contribution in [0.2, 0.25) is 0 Å². The zero-order chi connectivity index (χ0) is 11.3. The van der Waals surface area contributed by atoms with E-state index < -0.39 is 0 Å². The number of hydrogen-bond acceptors (Lipinski definition) is 2. The van der Waals surface area contributed by atoms with Gasteiger partial charge in [-0.05, 0) is 32.3 Å². The van der Waals surface area contributed by atoms with Crippen LogP contribution in [-0.4, -0.2) is 27.5 Å². The number of carbonyl (C=O) groups excluding carboxylic acids is 1. The fraction of sp³-hybridized carbons (Fsp3) is 0.600. The van der Waals surface area contributed by atoms with Crippen LogP contribution in [0.3, 0.4) is 0 Å². The maximum atomic E-state index is 11.2. The van der Waals surface area contributed by atoms with Crippen molar-refractivity contribution in [1.29, 1.82) is 0 Å². The largest absolute Gasteiger partial charge is 0.355 e. The fourth-order valence-electron chi connectivity index (χ4n) is 1.26. The highest BCUT2D eigenvalue weighted by atomic mass is 79.9. The summed E-state index contributed by atoms with van der Waals surface area (Å²) in [5.74, 6) is 0.0407. The average molecular weight is 274 g/mol. The predicted octanol–water partition coefficient (Wildman–Crippen LogP) is 1.55. The van der Waals surface area contributed by atoms with Crippen LogP contribution in [0.4, 0.5) is 0 Å². The van der Waals surface area contributed by atoms with Crippen LogP contribution in [0.15, 0.2) is 6.20 Å². The number of aromatic nitrogens is 2. The number of carbonyl (C=O) groups is 1. The van der Waals surface area contributed by atoms with E-state index >= 15 is 0 Å². The van der Waals surface area contributed by atoms with Crippen LogP contribution in [0.25, 0.3) is 0 Å². The van der Waals surface area contributed by atoms with Gasteiger partial charge in [0.05, 0.1) is 11.0 Å². The van der Waals surface area contributed by atoms with Crippen LogP contribution >= 0.6 is 15.9 Å². The second-order valence-electron chi connectivity index (χ2n) is 3.53. The molecule has 5 heteroatoms. The molecule has 1 aromatic heterocycles. The SMILES string of the molecule is Cc1[nH]ncc1CCCNC(=O)C(C)Br. The first-order chi connectivity index (χ1) is 7.11. The van der Waals surface area contributed by atoms with Crippen LogP contribution in [0, 0.1) is 6.92 Å². The molecule has 0 aliphatic heterocycles. The molecule has 15 heavy (non-hydrogen) atoms. The van der Waals surface area contributed by atoms with E-state index in [1.165, 1.54) is 5.56 Å². The topological polar surface area (TPSA) is 57.8 Å². The first-order valence-corrected chi connectivity index (χ1v) is 5.93. The summed E-state index contributed by atoms with van der Waals surface area (Å²) in [7, 11) is 0. The van der Waals surface area contributed by atoms with Gasteiger partial charge in [-0.1, -0.05) is 15.9 Å². The Morgan fingerprint density at radius 1 is 1.73 bits per heavy atom. The minimum absolute atomic E-state index is 0.0407. The quantitative estimate of drug-likeness (QED) is 0.632. The molecule has 0 aromatic carbocycles. The fourth-order valence-corrected chi connectivity index (χ4v) is 1.42. The molecule has 0 bridgehead atoms. The summed E-state index contributed by atoms with van der Waals surface area (Å²) in [6.07, 6.45) is 3.72. The van der Waals surface area contributed by atoms with Crippen LogP contribution in [0.5, 0.6) is 0 Å². The Kier molecular flexibility index (Phi) is 4.81. The van der Waals surface area contributed by atoms with Gasteiger partial charge in [-0.3, -0.25) is 9.89 Å². The lowest BCUT2D eigenvalue weighted by Gasteiger charge is -2.05. The lowest BCUT2D eigenvalue weighted by atomic mass is 10.1. The van der Waals surface area contributed by atoms with E-state index in [2.05, 4.69) is 31.4 Å². The molecule has 1 heterocycles. The highest BCUT2D eigenvalue weighted by Crippen LogP contribution is 2.05. The number of hydrogen-bond donors (Lipinski definition) is 2. The summed E-state index contributed by atoms with van der Waals surface area (Å²) in [6.45, 7) is 4.52. The zero-order valence-corrected chi connectivity index (χ0v) is 10.6. The number of nitrogens with one attached hydrogen (secondary N) is 2. The molecule has 1 aromatic rings.